The smallest absolute Gasteiger partial charge is 0.163 e. The average Bonchev–Trinajstić information content (AvgIpc) is 3.63. The second-order valence-electron chi connectivity index (χ2n) is 9.08. The molecule has 0 saturated heterocycles. The van der Waals surface area contributed by atoms with E-state index in [1.54, 1.807) is 6.26 Å². The second kappa shape index (κ2) is 10.1. The number of ketones is 1. The summed E-state index contributed by atoms with van der Waals surface area (Å²) in [5, 5.41) is 9.01. The molecule has 2 atom stereocenters. The summed E-state index contributed by atoms with van der Waals surface area (Å²) in [7, 11) is 0. The number of carbonyl (C=O) groups is 1. The topological polar surface area (TPSA) is 60.9 Å². The van der Waals surface area contributed by atoms with Gasteiger partial charge in [-0.25, -0.2) is 4.68 Å². The number of carbonyl (C=O) groups excluding carboxylic acids is 1. The Labute approximate surface area is 215 Å². The average molecular weight is 484 g/mol. The van der Waals surface area contributed by atoms with Crippen LogP contribution in [0.5, 0.6) is 0 Å². The maximum atomic E-state index is 13.5. The Morgan fingerprint density at radius 2 is 1.41 bits per heavy atom. The molecule has 5 heteroatoms. The van der Waals surface area contributed by atoms with E-state index in [0.29, 0.717) is 5.56 Å². The van der Waals surface area contributed by atoms with Crippen LogP contribution in [0, 0.1) is 0 Å². The molecule has 0 amide bonds. The van der Waals surface area contributed by atoms with Crippen LogP contribution < -0.4 is 0 Å². The number of hydrogen-bond donors (Lipinski definition) is 0. The highest BCUT2D eigenvalue weighted by atomic mass is 16.3. The van der Waals surface area contributed by atoms with Gasteiger partial charge in [0.1, 0.15) is 17.3 Å². The van der Waals surface area contributed by atoms with E-state index >= 15 is 0 Å². The molecular weight excluding hydrogens is 458 g/mol. The minimum absolute atomic E-state index is 0.0683. The quantitative estimate of drug-likeness (QED) is 0.213. The van der Waals surface area contributed by atoms with Gasteiger partial charge in [-0.3, -0.25) is 4.79 Å². The van der Waals surface area contributed by atoms with Crippen LogP contribution in [0.25, 0.3) is 22.2 Å². The highest BCUT2D eigenvalue weighted by Crippen LogP contribution is 2.40. The standard InChI is InChI=1S/C32H25N3O2/c36-30(25-16-8-3-9-17-25)21-27(24-14-6-2-7-15-24)32(35-29-19-11-10-18-28(29)33-34-35)31-20-26(22-37-31)23-12-4-1-5-13-23/h1-20,22,27,32H,21H2. The van der Waals surface area contributed by atoms with Crippen molar-refractivity contribution in [2.24, 2.45) is 0 Å². The summed E-state index contributed by atoms with van der Waals surface area (Å²) in [5.74, 6) is 0.553. The number of fused-ring (bicyclic) bond motifs is 1. The fourth-order valence-corrected chi connectivity index (χ4v) is 4.93. The number of furan rings is 1. The Morgan fingerprint density at radius 1 is 0.757 bits per heavy atom. The zero-order chi connectivity index (χ0) is 25.0. The van der Waals surface area contributed by atoms with Gasteiger partial charge in [0, 0.05) is 23.5 Å². The third-order valence-electron chi connectivity index (χ3n) is 6.77. The van der Waals surface area contributed by atoms with Gasteiger partial charge in [0.15, 0.2) is 5.78 Å². The van der Waals surface area contributed by atoms with Crippen LogP contribution in [-0.2, 0) is 0 Å². The molecule has 0 fully saturated rings. The molecule has 0 aliphatic rings. The summed E-state index contributed by atoms with van der Waals surface area (Å²) in [6, 6.07) is 39.2. The minimum atomic E-state index is -0.389. The number of rotatable bonds is 8. The molecule has 5 nitrogen and oxygen atoms in total. The molecule has 2 heterocycles. The summed E-state index contributed by atoms with van der Waals surface area (Å²) in [6.07, 6.45) is 2.06. The SMILES string of the molecule is O=C(CC(c1ccccc1)C(c1cc(-c2ccccc2)co1)n1nnc2ccccc21)c1ccccc1. The van der Waals surface area contributed by atoms with Crippen LogP contribution in [0.2, 0.25) is 0 Å². The van der Waals surface area contributed by atoms with E-state index in [1.807, 2.05) is 95.7 Å². The lowest BCUT2D eigenvalue weighted by Gasteiger charge is -2.26. The van der Waals surface area contributed by atoms with Crippen molar-refractivity contribution < 1.29 is 9.21 Å². The van der Waals surface area contributed by atoms with Gasteiger partial charge in [-0.05, 0) is 29.3 Å². The van der Waals surface area contributed by atoms with E-state index in [9.17, 15) is 4.79 Å². The zero-order valence-corrected chi connectivity index (χ0v) is 20.1. The molecule has 0 radical (unpaired) electrons. The van der Waals surface area contributed by atoms with Crippen molar-refractivity contribution in [3.8, 4) is 11.1 Å². The number of nitrogens with zero attached hydrogens (tertiary/aromatic N) is 3. The van der Waals surface area contributed by atoms with E-state index in [2.05, 4.69) is 40.6 Å². The molecule has 2 unspecified atom stereocenters. The third-order valence-corrected chi connectivity index (χ3v) is 6.77. The molecule has 0 aliphatic carbocycles. The molecule has 0 saturated carbocycles. The molecule has 4 aromatic carbocycles. The fraction of sp³-hybridized carbons (Fsp3) is 0.0938. The van der Waals surface area contributed by atoms with Crippen LogP contribution in [0.4, 0.5) is 0 Å². The van der Waals surface area contributed by atoms with Gasteiger partial charge in [-0.15, -0.1) is 5.10 Å². The first-order valence-corrected chi connectivity index (χ1v) is 12.3. The number of aromatic nitrogens is 3. The Hall–Kier alpha value is -4.77. The molecule has 6 aromatic rings. The molecule has 2 aromatic heterocycles. The minimum Gasteiger partial charge on any atom is -0.466 e. The van der Waals surface area contributed by atoms with E-state index in [0.717, 1.165) is 33.5 Å². The van der Waals surface area contributed by atoms with Gasteiger partial charge in [0.05, 0.1) is 11.8 Å². The summed E-state index contributed by atoms with van der Waals surface area (Å²) < 4.78 is 8.15. The Kier molecular flexibility index (Phi) is 6.17. The molecule has 0 N–H and O–H groups in total. The number of Topliss-reactive ketones (excluding diaryl/α,β-unsaturated/α-hetero) is 1. The van der Waals surface area contributed by atoms with Crippen molar-refractivity contribution in [2.75, 3.05) is 0 Å². The van der Waals surface area contributed by atoms with Gasteiger partial charge >= 0.3 is 0 Å². The van der Waals surface area contributed by atoms with Crippen molar-refractivity contribution in [3.05, 3.63) is 144 Å². The van der Waals surface area contributed by atoms with E-state index in [4.69, 9.17) is 4.42 Å². The van der Waals surface area contributed by atoms with Crippen LogP contribution in [0.1, 0.15) is 40.1 Å². The predicted octanol–water partition coefficient (Wildman–Crippen LogP) is 7.34. The Morgan fingerprint density at radius 3 is 2.16 bits per heavy atom. The number of benzene rings is 4. The summed E-state index contributed by atoms with van der Waals surface area (Å²) in [4.78, 5) is 13.5. The van der Waals surface area contributed by atoms with Crippen molar-refractivity contribution in [1.29, 1.82) is 0 Å². The molecule has 180 valence electrons. The van der Waals surface area contributed by atoms with E-state index in [-0.39, 0.29) is 24.2 Å². The predicted molar refractivity (Wildman–Crippen MR) is 144 cm³/mol. The Balaban J connectivity index is 1.51. The largest absolute Gasteiger partial charge is 0.466 e. The summed E-state index contributed by atoms with van der Waals surface area (Å²) in [5.41, 5.74) is 5.45. The van der Waals surface area contributed by atoms with Crippen LogP contribution in [0.3, 0.4) is 0 Å². The zero-order valence-electron chi connectivity index (χ0n) is 20.1. The molecule has 0 bridgehead atoms. The van der Waals surface area contributed by atoms with Gasteiger partial charge in [-0.2, -0.15) is 0 Å². The van der Waals surface area contributed by atoms with Crippen molar-refractivity contribution >= 4 is 16.8 Å². The normalized spacial score (nSPS) is 12.9. The first-order valence-electron chi connectivity index (χ1n) is 12.3. The van der Waals surface area contributed by atoms with Crippen molar-refractivity contribution in [3.63, 3.8) is 0 Å². The molecular formula is C32H25N3O2. The lowest BCUT2D eigenvalue weighted by molar-refractivity contribution is 0.0965. The maximum absolute atomic E-state index is 13.5. The summed E-state index contributed by atoms with van der Waals surface area (Å²) >= 11 is 0. The van der Waals surface area contributed by atoms with Gasteiger partial charge in [0.2, 0.25) is 0 Å². The highest BCUT2D eigenvalue weighted by Gasteiger charge is 2.33. The first kappa shape index (κ1) is 22.7. The second-order valence-corrected chi connectivity index (χ2v) is 9.08. The molecule has 37 heavy (non-hydrogen) atoms. The number of para-hydroxylation sites is 1. The fourth-order valence-electron chi connectivity index (χ4n) is 4.93. The van der Waals surface area contributed by atoms with E-state index in [1.165, 1.54) is 0 Å². The molecule has 0 spiro atoms. The van der Waals surface area contributed by atoms with Crippen LogP contribution in [0.15, 0.2) is 132 Å². The van der Waals surface area contributed by atoms with Crippen LogP contribution in [-0.4, -0.2) is 20.8 Å². The van der Waals surface area contributed by atoms with Gasteiger partial charge in [-0.1, -0.05) is 108 Å². The van der Waals surface area contributed by atoms with Crippen molar-refractivity contribution in [1.82, 2.24) is 15.0 Å². The monoisotopic (exact) mass is 483 g/mol. The first-order chi connectivity index (χ1) is 18.3. The highest BCUT2D eigenvalue weighted by molar-refractivity contribution is 5.96. The van der Waals surface area contributed by atoms with Gasteiger partial charge < -0.3 is 4.42 Å². The third kappa shape index (κ3) is 4.59. The molecule has 0 aliphatic heterocycles. The molecule has 6 rings (SSSR count). The Bertz CT molecular complexity index is 1620. The van der Waals surface area contributed by atoms with Crippen LogP contribution >= 0.6 is 0 Å². The lowest BCUT2D eigenvalue weighted by atomic mass is 9.84. The van der Waals surface area contributed by atoms with Crippen molar-refractivity contribution in [2.45, 2.75) is 18.4 Å². The van der Waals surface area contributed by atoms with E-state index < -0.39 is 0 Å². The number of hydrogen-bond acceptors (Lipinski definition) is 4. The maximum Gasteiger partial charge on any atom is 0.163 e. The summed E-state index contributed by atoms with van der Waals surface area (Å²) in [6.45, 7) is 0. The van der Waals surface area contributed by atoms with Gasteiger partial charge in [0.25, 0.3) is 0 Å². The lowest BCUT2D eigenvalue weighted by Crippen LogP contribution is -2.23.